The van der Waals surface area contributed by atoms with Crippen LogP contribution in [0.3, 0.4) is 0 Å². The molecule has 1 aliphatic heterocycles. The molecule has 0 spiro atoms. The number of hydrogen-bond donors (Lipinski definition) is 1. The minimum absolute atomic E-state index is 0. The van der Waals surface area contributed by atoms with E-state index in [0.29, 0.717) is 12.5 Å². The van der Waals surface area contributed by atoms with Crippen molar-refractivity contribution >= 4 is 40.9 Å². The molecule has 0 bridgehead atoms. The Labute approximate surface area is 184 Å². The second kappa shape index (κ2) is 12.3. The number of nitrogens with zero attached hydrogens (tertiary/aromatic N) is 2. The summed E-state index contributed by atoms with van der Waals surface area (Å²) in [5, 5.41) is 4.53. The fourth-order valence-corrected chi connectivity index (χ4v) is 3.35. The van der Waals surface area contributed by atoms with Crippen LogP contribution in [-0.2, 0) is 16.0 Å². The van der Waals surface area contributed by atoms with Crippen LogP contribution in [0.5, 0.6) is 0 Å². The smallest absolute Gasteiger partial charge is 0.193 e. The van der Waals surface area contributed by atoms with Gasteiger partial charge >= 0.3 is 0 Å². The van der Waals surface area contributed by atoms with Gasteiger partial charge in [0, 0.05) is 52.5 Å². The predicted octanol–water partition coefficient (Wildman–Crippen LogP) is 3.89. The van der Waals surface area contributed by atoms with Crippen molar-refractivity contribution in [1.29, 1.82) is 0 Å². The maximum Gasteiger partial charge on any atom is 0.193 e. The van der Waals surface area contributed by atoms with E-state index in [0.717, 1.165) is 74.9 Å². The molecule has 0 saturated carbocycles. The van der Waals surface area contributed by atoms with Crippen LogP contribution in [0.2, 0.25) is 0 Å². The van der Waals surface area contributed by atoms with E-state index in [-0.39, 0.29) is 24.0 Å². The van der Waals surface area contributed by atoms with Crippen molar-refractivity contribution in [3.05, 3.63) is 36.1 Å². The Bertz CT molecular complexity index is 696. The van der Waals surface area contributed by atoms with Gasteiger partial charge in [-0.15, -0.1) is 24.0 Å². The summed E-state index contributed by atoms with van der Waals surface area (Å²) in [5.74, 6) is 2.45. The van der Waals surface area contributed by atoms with Gasteiger partial charge in [0.15, 0.2) is 5.96 Å². The molecule has 1 fully saturated rings. The van der Waals surface area contributed by atoms with E-state index >= 15 is 0 Å². The summed E-state index contributed by atoms with van der Waals surface area (Å²) >= 11 is 0. The molecule has 1 N–H and O–H groups in total. The zero-order valence-electron chi connectivity index (χ0n) is 16.9. The second-order valence-electron chi connectivity index (χ2n) is 7.06. The van der Waals surface area contributed by atoms with Gasteiger partial charge in [0.25, 0.3) is 0 Å². The lowest BCUT2D eigenvalue weighted by atomic mass is 10.0. The summed E-state index contributed by atoms with van der Waals surface area (Å²) in [6, 6.07) is 10.2. The molecule has 156 valence electrons. The number of nitrogens with one attached hydrogen (secondary N) is 1. The molecule has 0 radical (unpaired) electrons. The van der Waals surface area contributed by atoms with Crippen molar-refractivity contribution in [3.63, 3.8) is 0 Å². The molecule has 2 aromatic rings. The maximum absolute atomic E-state index is 5.90. The highest BCUT2D eigenvalue weighted by Crippen LogP contribution is 2.19. The number of benzene rings is 1. The number of fused-ring (bicyclic) bond motifs is 1. The maximum atomic E-state index is 5.90. The third-order valence-corrected chi connectivity index (χ3v) is 4.89. The Balaban J connectivity index is 0.00000280. The van der Waals surface area contributed by atoms with Crippen molar-refractivity contribution in [2.45, 2.75) is 25.8 Å². The van der Waals surface area contributed by atoms with Gasteiger partial charge in [0.1, 0.15) is 11.3 Å². The lowest BCUT2D eigenvalue weighted by Crippen LogP contribution is -2.39. The Morgan fingerprint density at radius 2 is 2.07 bits per heavy atom. The fourth-order valence-electron chi connectivity index (χ4n) is 3.35. The van der Waals surface area contributed by atoms with Gasteiger partial charge in [-0.3, -0.25) is 4.99 Å². The van der Waals surface area contributed by atoms with Gasteiger partial charge in [0.05, 0.1) is 6.54 Å². The number of hydrogen-bond acceptors (Lipinski definition) is 4. The molecule has 0 atom stereocenters. The molecule has 1 aromatic carbocycles. The van der Waals surface area contributed by atoms with Crippen LogP contribution in [-0.4, -0.2) is 57.9 Å². The first-order valence-electron chi connectivity index (χ1n) is 9.81. The predicted molar refractivity (Wildman–Crippen MR) is 123 cm³/mol. The van der Waals surface area contributed by atoms with Gasteiger partial charge < -0.3 is 24.1 Å². The van der Waals surface area contributed by atoms with E-state index in [1.165, 1.54) is 0 Å². The number of aliphatic imine (C=N–C) groups is 1. The van der Waals surface area contributed by atoms with Crippen molar-refractivity contribution in [2.24, 2.45) is 10.9 Å². The highest BCUT2D eigenvalue weighted by Gasteiger charge is 2.13. The normalized spacial score (nSPS) is 15.4. The Morgan fingerprint density at radius 3 is 2.82 bits per heavy atom. The van der Waals surface area contributed by atoms with Crippen molar-refractivity contribution in [2.75, 3.05) is 47.1 Å². The lowest BCUT2D eigenvalue weighted by Gasteiger charge is -2.22. The van der Waals surface area contributed by atoms with Gasteiger partial charge in [-0.05, 0) is 37.3 Å². The largest absolute Gasteiger partial charge is 0.459 e. The summed E-state index contributed by atoms with van der Waals surface area (Å²) in [6.07, 6.45) is 3.20. The van der Waals surface area contributed by atoms with Crippen LogP contribution < -0.4 is 5.32 Å². The summed E-state index contributed by atoms with van der Waals surface area (Å²) in [4.78, 5) is 6.43. The van der Waals surface area contributed by atoms with Crippen molar-refractivity contribution in [1.82, 2.24) is 10.2 Å². The number of para-hydroxylation sites is 1. The van der Waals surface area contributed by atoms with Gasteiger partial charge in [-0.1, -0.05) is 18.2 Å². The van der Waals surface area contributed by atoms with Gasteiger partial charge in [-0.2, -0.15) is 0 Å². The third-order valence-electron chi connectivity index (χ3n) is 4.89. The Hall–Kier alpha value is -1.32. The summed E-state index contributed by atoms with van der Waals surface area (Å²) < 4.78 is 17.1. The van der Waals surface area contributed by atoms with Crippen molar-refractivity contribution in [3.8, 4) is 0 Å². The zero-order valence-corrected chi connectivity index (χ0v) is 19.2. The highest BCUT2D eigenvalue weighted by molar-refractivity contribution is 14.0. The first kappa shape index (κ1) is 23.0. The zero-order chi connectivity index (χ0) is 18.9. The molecule has 1 aliphatic rings. The molecule has 6 nitrogen and oxygen atoms in total. The van der Waals surface area contributed by atoms with Crippen LogP contribution in [0, 0.1) is 5.92 Å². The Kier molecular flexibility index (Phi) is 10.1. The van der Waals surface area contributed by atoms with Crippen LogP contribution in [0.15, 0.2) is 39.7 Å². The second-order valence-corrected chi connectivity index (χ2v) is 7.06. The minimum Gasteiger partial charge on any atom is -0.459 e. The summed E-state index contributed by atoms with van der Waals surface area (Å²) in [5.41, 5.74) is 0.922. The molecule has 28 heavy (non-hydrogen) atoms. The SMILES string of the molecule is CN=C(NCCCOCC1CCOCC1)N(C)Cc1cc2ccccc2o1.I. The monoisotopic (exact) mass is 501 g/mol. The van der Waals surface area contributed by atoms with Crippen molar-refractivity contribution < 1.29 is 13.9 Å². The average Bonchev–Trinajstić information content (AvgIpc) is 3.10. The molecule has 1 saturated heterocycles. The van der Waals surface area contributed by atoms with E-state index in [2.05, 4.69) is 27.3 Å². The number of rotatable bonds is 8. The van der Waals surface area contributed by atoms with Gasteiger partial charge in [0.2, 0.25) is 0 Å². The molecule has 1 aromatic heterocycles. The topological polar surface area (TPSA) is 59.2 Å². The van der Waals surface area contributed by atoms with Crippen LogP contribution in [0.1, 0.15) is 25.0 Å². The van der Waals surface area contributed by atoms with Gasteiger partial charge in [-0.25, -0.2) is 0 Å². The van der Waals surface area contributed by atoms with Crippen LogP contribution >= 0.6 is 24.0 Å². The quantitative estimate of drug-likeness (QED) is 0.258. The Morgan fingerprint density at radius 1 is 1.29 bits per heavy atom. The number of halogens is 1. The molecule has 2 heterocycles. The average molecular weight is 501 g/mol. The molecule has 0 amide bonds. The first-order valence-corrected chi connectivity index (χ1v) is 9.81. The molecular weight excluding hydrogens is 469 g/mol. The summed E-state index contributed by atoms with van der Waals surface area (Å²) in [6.45, 7) is 4.89. The van der Waals surface area contributed by atoms with Crippen LogP contribution in [0.25, 0.3) is 11.0 Å². The number of furan rings is 1. The van der Waals surface area contributed by atoms with E-state index in [4.69, 9.17) is 13.9 Å². The van der Waals surface area contributed by atoms with E-state index in [9.17, 15) is 0 Å². The molecular formula is C21H32IN3O3. The standard InChI is InChI=1S/C21H31N3O3.HI/c1-22-21(23-10-5-11-26-16-17-8-12-25-13-9-17)24(2)15-19-14-18-6-3-4-7-20(18)27-19;/h3-4,6-7,14,17H,5,8-13,15-16H2,1-2H3,(H,22,23);1H. The minimum atomic E-state index is 0. The fraction of sp³-hybridized carbons (Fsp3) is 0.571. The van der Waals surface area contributed by atoms with Crippen LogP contribution in [0.4, 0.5) is 0 Å². The molecule has 7 heteroatoms. The first-order chi connectivity index (χ1) is 13.3. The molecule has 3 rings (SSSR count). The van der Waals surface area contributed by atoms with E-state index < -0.39 is 0 Å². The third kappa shape index (κ3) is 6.93. The molecule has 0 aliphatic carbocycles. The van der Waals surface area contributed by atoms with E-state index in [1.54, 1.807) is 7.05 Å². The summed E-state index contributed by atoms with van der Waals surface area (Å²) in [7, 11) is 3.82. The molecule has 0 unspecified atom stereocenters. The number of ether oxygens (including phenoxy) is 2. The number of guanidine groups is 1. The highest BCUT2D eigenvalue weighted by atomic mass is 127. The lowest BCUT2D eigenvalue weighted by molar-refractivity contribution is 0.0203. The van der Waals surface area contributed by atoms with E-state index in [1.807, 2.05) is 25.2 Å².